The highest BCUT2D eigenvalue weighted by atomic mass is 16.6. The lowest BCUT2D eigenvalue weighted by molar-refractivity contribution is -0.386. The summed E-state index contributed by atoms with van der Waals surface area (Å²) in [6.45, 7) is 7.06. The van der Waals surface area contributed by atoms with E-state index in [-0.39, 0.29) is 23.3 Å². The van der Waals surface area contributed by atoms with Gasteiger partial charge in [0.2, 0.25) is 0 Å². The second kappa shape index (κ2) is 25.8. The largest absolute Gasteiger partial charge is 0.494 e. The van der Waals surface area contributed by atoms with Gasteiger partial charge in [-0.3, -0.25) is 10.1 Å². The maximum atomic E-state index is 12.9. The Morgan fingerprint density at radius 2 is 1.19 bits per heavy atom. The molecule has 0 radical (unpaired) electrons. The molecular formula is C45H63NO6. The molecule has 0 amide bonds. The molecule has 7 nitrogen and oxygen atoms in total. The van der Waals surface area contributed by atoms with Crippen LogP contribution < -0.4 is 14.2 Å². The van der Waals surface area contributed by atoms with Gasteiger partial charge in [0, 0.05) is 0 Å². The molecule has 0 aliphatic carbocycles. The predicted octanol–water partition coefficient (Wildman–Crippen LogP) is 13.6. The SMILES string of the molecule is CCCCCCCCC=CCCCCCCCCOc1ccc(-c2ccc(C(=O)Oc3ccc(O[C@@H](C)CCCCCC)c([N+](=O)[O-])c3)cc2)cc1. The summed E-state index contributed by atoms with van der Waals surface area (Å²) in [5.74, 6) is 0.529. The highest BCUT2D eigenvalue weighted by molar-refractivity contribution is 5.91. The first kappa shape index (κ1) is 42.3. The molecule has 0 aliphatic heterocycles. The smallest absolute Gasteiger partial charge is 0.343 e. The lowest BCUT2D eigenvalue weighted by atomic mass is 10.0. The van der Waals surface area contributed by atoms with Crippen molar-refractivity contribution < 1.29 is 23.9 Å². The Labute approximate surface area is 313 Å². The van der Waals surface area contributed by atoms with Crippen molar-refractivity contribution in [2.75, 3.05) is 6.61 Å². The van der Waals surface area contributed by atoms with E-state index in [9.17, 15) is 14.9 Å². The van der Waals surface area contributed by atoms with Crippen molar-refractivity contribution in [2.45, 2.75) is 149 Å². The molecule has 0 aliphatic rings. The summed E-state index contributed by atoms with van der Waals surface area (Å²) in [5, 5.41) is 11.8. The zero-order chi connectivity index (χ0) is 37.2. The Kier molecular flexibility index (Phi) is 20.9. The monoisotopic (exact) mass is 713 g/mol. The predicted molar refractivity (Wildman–Crippen MR) is 214 cm³/mol. The quantitative estimate of drug-likeness (QED) is 0.0186. The minimum atomic E-state index is -0.589. The molecule has 52 heavy (non-hydrogen) atoms. The Morgan fingerprint density at radius 1 is 0.673 bits per heavy atom. The number of ether oxygens (including phenoxy) is 3. The normalized spacial score (nSPS) is 11.8. The van der Waals surface area contributed by atoms with Gasteiger partial charge in [-0.2, -0.15) is 0 Å². The van der Waals surface area contributed by atoms with E-state index in [2.05, 4.69) is 26.0 Å². The van der Waals surface area contributed by atoms with E-state index in [1.807, 2.05) is 43.3 Å². The van der Waals surface area contributed by atoms with Crippen molar-refractivity contribution in [3.63, 3.8) is 0 Å². The minimum absolute atomic E-state index is 0.0940. The molecule has 284 valence electrons. The van der Waals surface area contributed by atoms with E-state index in [1.54, 1.807) is 12.1 Å². The molecule has 0 saturated heterocycles. The van der Waals surface area contributed by atoms with Crippen molar-refractivity contribution in [1.29, 1.82) is 0 Å². The maximum absolute atomic E-state index is 12.9. The van der Waals surface area contributed by atoms with Gasteiger partial charge < -0.3 is 14.2 Å². The summed E-state index contributed by atoms with van der Waals surface area (Å²) >= 11 is 0. The number of nitro groups is 1. The standard InChI is InChI=1S/C45H63NO6/c1-4-6-8-10-11-12-13-14-15-16-17-18-19-20-21-23-35-50-41-31-29-39(30-32-41)38-25-27-40(28-26-38)45(47)52-42-33-34-44(43(36-42)46(48)49)51-37(3)24-22-9-7-5-2/h14-15,25-34,36-37H,4-13,16-24,35H2,1-3H3/t37-/m0/s1. The van der Waals surface area contributed by atoms with E-state index in [4.69, 9.17) is 14.2 Å². The molecule has 0 aromatic heterocycles. The topological polar surface area (TPSA) is 87.9 Å². The third-order valence-electron chi connectivity index (χ3n) is 9.36. The summed E-state index contributed by atoms with van der Waals surface area (Å²) < 4.78 is 17.3. The van der Waals surface area contributed by atoms with E-state index in [1.165, 1.54) is 102 Å². The first-order chi connectivity index (χ1) is 25.4. The van der Waals surface area contributed by atoms with E-state index in [0.717, 1.165) is 55.4 Å². The van der Waals surface area contributed by atoms with Crippen LogP contribution in [0.4, 0.5) is 5.69 Å². The van der Waals surface area contributed by atoms with Crippen molar-refractivity contribution in [3.8, 4) is 28.4 Å². The first-order valence-corrected chi connectivity index (χ1v) is 20.1. The maximum Gasteiger partial charge on any atom is 0.343 e. The van der Waals surface area contributed by atoms with Gasteiger partial charge in [-0.1, -0.05) is 127 Å². The molecule has 0 spiro atoms. The lowest BCUT2D eigenvalue weighted by Crippen LogP contribution is -2.13. The molecule has 0 bridgehead atoms. The zero-order valence-electron chi connectivity index (χ0n) is 32.1. The number of carbonyl (C=O) groups excluding carboxylic acids is 1. The molecular weight excluding hydrogens is 650 g/mol. The molecule has 0 saturated carbocycles. The van der Waals surface area contributed by atoms with Crippen molar-refractivity contribution in [2.24, 2.45) is 0 Å². The molecule has 0 unspecified atom stereocenters. The van der Waals surface area contributed by atoms with Crippen LogP contribution in [0, 0.1) is 10.1 Å². The van der Waals surface area contributed by atoms with E-state index >= 15 is 0 Å². The van der Waals surface area contributed by atoms with Gasteiger partial charge in [-0.05, 0) is 99.4 Å². The molecule has 1 atom stereocenters. The lowest BCUT2D eigenvalue weighted by Gasteiger charge is -2.15. The van der Waals surface area contributed by atoms with Gasteiger partial charge in [-0.15, -0.1) is 0 Å². The number of unbranched alkanes of at least 4 members (excludes halogenated alkanes) is 15. The van der Waals surface area contributed by atoms with Crippen LogP contribution in [0.25, 0.3) is 11.1 Å². The van der Waals surface area contributed by atoms with Gasteiger partial charge >= 0.3 is 11.7 Å². The number of nitro benzene ring substituents is 1. The third kappa shape index (κ3) is 16.9. The van der Waals surface area contributed by atoms with Crippen LogP contribution in [0.5, 0.6) is 17.2 Å². The highest BCUT2D eigenvalue weighted by Gasteiger charge is 2.20. The summed E-state index contributed by atoms with van der Waals surface area (Å²) in [7, 11) is 0. The number of hydrogen-bond acceptors (Lipinski definition) is 6. The first-order valence-electron chi connectivity index (χ1n) is 20.1. The molecule has 0 heterocycles. The fourth-order valence-corrected chi connectivity index (χ4v) is 6.19. The summed E-state index contributed by atoms with van der Waals surface area (Å²) in [6.07, 6.45) is 27.9. The molecule has 0 N–H and O–H groups in total. The van der Waals surface area contributed by atoms with Crippen LogP contribution in [-0.4, -0.2) is 23.6 Å². The Hall–Kier alpha value is -4.13. The number of hydrogen-bond donors (Lipinski definition) is 0. The van der Waals surface area contributed by atoms with Crippen LogP contribution in [-0.2, 0) is 0 Å². The Balaban J connectivity index is 1.33. The highest BCUT2D eigenvalue weighted by Crippen LogP contribution is 2.33. The average molecular weight is 714 g/mol. The number of benzene rings is 3. The molecule has 3 aromatic rings. The summed E-state index contributed by atoms with van der Waals surface area (Å²) in [6, 6.07) is 19.4. The third-order valence-corrected chi connectivity index (χ3v) is 9.36. The van der Waals surface area contributed by atoms with Gasteiger partial charge in [0.15, 0.2) is 5.75 Å². The fraction of sp³-hybridized carbons (Fsp3) is 0.533. The zero-order valence-corrected chi connectivity index (χ0v) is 32.1. The fourth-order valence-electron chi connectivity index (χ4n) is 6.19. The Bertz CT molecular complexity index is 1450. The molecule has 3 rings (SSSR count). The van der Waals surface area contributed by atoms with Gasteiger partial charge in [0.1, 0.15) is 11.5 Å². The number of allylic oxidation sites excluding steroid dienone is 2. The van der Waals surface area contributed by atoms with Crippen LogP contribution >= 0.6 is 0 Å². The van der Waals surface area contributed by atoms with Crippen LogP contribution in [0.1, 0.15) is 153 Å². The molecule has 3 aromatic carbocycles. The van der Waals surface area contributed by atoms with Crippen LogP contribution in [0.15, 0.2) is 78.9 Å². The Morgan fingerprint density at radius 3 is 1.79 bits per heavy atom. The number of carbonyl (C=O) groups is 1. The summed E-state index contributed by atoms with van der Waals surface area (Å²) in [4.78, 5) is 24.1. The molecule has 7 heteroatoms. The number of rotatable bonds is 28. The average Bonchev–Trinajstić information content (AvgIpc) is 3.15. The minimum Gasteiger partial charge on any atom is -0.494 e. The van der Waals surface area contributed by atoms with Gasteiger partial charge in [-0.25, -0.2) is 4.79 Å². The van der Waals surface area contributed by atoms with Crippen molar-refractivity contribution in [3.05, 3.63) is 94.6 Å². The molecule has 0 fully saturated rings. The van der Waals surface area contributed by atoms with Crippen molar-refractivity contribution >= 4 is 11.7 Å². The van der Waals surface area contributed by atoms with Crippen molar-refractivity contribution in [1.82, 2.24) is 0 Å². The van der Waals surface area contributed by atoms with Gasteiger partial charge in [0.25, 0.3) is 0 Å². The van der Waals surface area contributed by atoms with Crippen LogP contribution in [0.2, 0.25) is 0 Å². The summed E-state index contributed by atoms with van der Waals surface area (Å²) in [5.41, 5.74) is 2.09. The second-order valence-electron chi connectivity index (χ2n) is 13.9. The van der Waals surface area contributed by atoms with Gasteiger partial charge in [0.05, 0.1) is 29.3 Å². The number of esters is 1. The van der Waals surface area contributed by atoms with E-state index < -0.39 is 10.9 Å². The van der Waals surface area contributed by atoms with E-state index in [0.29, 0.717) is 12.2 Å². The number of nitrogens with zero attached hydrogens (tertiary/aromatic N) is 1. The van der Waals surface area contributed by atoms with Crippen LogP contribution in [0.3, 0.4) is 0 Å². The second-order valence-corrected chi connectivity index (χ2v) is 13.9.